The first-order valence-electron chi connectivity index (χ1n) is 10.8. The summed E-state index contributed by atoms with van der Waals surface area (Å²) in [5.74, 6) is -0.745. The smallest absolute Gasteiger partial charge is 0.341 e. The van der Waals surface area contributed by atoms with Gasteiger partial charge in [0, 0.05) is 23.7 Å². The van der Waals surface area contributed by atoms with Gasteiger partial charge in [0.1, 0.15) is 5.56 Å². The van der Waals surface area contributed by atoms with Gasteiger partial charge >= 0.3 is 5.97 Å². The van der Waals surface area contributed by atoms with Crippen molar-refractivity contribution in [3.63, 3.8) is 0 Å². The van der Waals surface area contributed by atoms with Crippen LogP contribution in [-0.2, 0) is 6.54 Å². The van der Waals surface area contributed by atoms with Gasteiger partial charge < -0.3 is 9.67 Å². The molecule has 6 nitrogen and oxygen atoms in total. The molecule has 0 bridgehead atoms. The standard InChI is InChI=1S/C25H27N3O3/c1-14-5-7-15(8-6-14)21-22(16-9-10-16)26-28-13-20(25(2,3)4)27-12-17(24(30)31)19(29)11-18(27)23(21)28/h5-8,11-12,16,20H,9-10,13H2,1-4H3,(H,30,31)/t20-/m0/s1. The number of aromatic carboxylic acids is 1. The first-order chi connectivity index (χ1) is 14.6. The monoisotopic (exact) mass is 417 g/mol. The van der Waals surface area contributed by atoms with Crippen molar-refractivity contribution in [3.8, 4) is 22.5 Å². The van der Waals surface area contributed by atoms with Gasteiger partial charge in [-0.1, -0.05) is 50.6 Å². The second kappa shape index (κ2) is 6.67. The predicted octanol–water partition coefficient (Wildman–Crippen LogP) is 4.86. The van der Waals surface area contributed by atoms with Gasteiger partial charge in [-0.2, -0.15) is 5.10 Å². The zero-order valence-electron chi connectivity index (χ0n) is 18.3. The fourth-order valence-corrected chi connectivity index (χ4v) is 4.62. The first-order valence-corrected chi connectivity index (χ1v) is 10.8. The highest BCUT2D eigenvalue weighted by molar-refractivity contribution is 5.89. The number of hydrogen-bond acceptors (Lipinski definition) is 3. The van der Waals surface area contributed by atoms with E-state index in [9.17, 15) is 14.7 Å². The molecule has 0 spiro atoms. The average molecular weight is 418 g/mol. The van der Waals surface area contributed by atoms with Crippen LogP contribution in [0.1, 0.15) is 67.2 Å². The average Bonchev–Trinajstić information content (AvgIpc) is 3.47. The minimum atomic E-state index is -1.19. The molecule has 1 saturated carbocycles. The Morgan fingerprint density at radius 2 is 1.84 bits per heavy atom. The number of carboxylic acid groups (broad SMARTS) is 1. The molecular formula is C25H27N3O3. The summed E-state index contributed by atoms with van der Waals surface area (Å²) in [6, 6.07) is 9.89. The summed E-state index contributed by atoms with van der Waals surface area (Å²) >= 11 is 0. The molecule has 1 aliphatic heterocycles. The molecule has 2 aliphatic rings. The number of carbonyl (C=O) groups is 1. The molecule has 3 heterocycles. The molecule has 1 atom stereocenters. The maximum absolute atomic E-state index is 12.7. The number of aromatic nitrogens is 3. The Labute approximate surface area is 181 Å². The van der Waals surface area contributed by atoms with Crippen molar-refractivity contribution in [2.24, 2.45) is 5.41 Å². The van der Waals surface area contributed by atoms with E-state index in [4.69, 9.17) is 5.10 Å². The number of rotatable bonds is 3. The zero-order valence-corrected chi connectivity index (χ0v) is 18.3. The minimum absolute atomic E-state index is 0.0217. The van der Waals surface area contributed by atoms with E-state index in [0.717, 1.165) is 41.1 Å². The largest absolute Gasteiger partial charge is 0.477 e. The number of fused-ring (bicyclic) bond motifs is 3. The SMILES string of the molecule is Cc1ccc(-c2c(C3CC3)nn3c2-c2cc(=O)c(C(=O)O)cn2[C@H](C(C)(C)C)C3)cc1. The topological polar surface area (TPSA) is 77.1 Å². The highest BCUT2D eigenvalue weighted by Crippen LogP contribution is 2.50. The predicted molar refractivity (Wildman–Crippen MR) is 120 cm³/mol. The molecule has 0 unspecified atom stereocenters. The Bertz CT molecular complexity index is 1250. The molecule has 1 aromatic carbocycles. The lowest BCUT2D eigenvalue weighted by atomic mass is 9.84. The van der Waals surface area contributed by atoms with E-state index in [-0.39, 0.29) is 17.0 Å². The summed E-state index contributed by atoms with van der Waals surface area (Å²) in [4.78, 5) is 24.4. The summed E-state index contributed by atoms with van der Waals surface area (Å²) in [6.45, 7) is 9.11. The van der Waals surface area contributed by atoms with Crippen molar-refractivity contribution in [1.82, 2.24) is 14.3 Å². The van der Waals surface area contributed by atoms with Gasteiger partial charge in [0.25, 0.3) is 0 Å². The third-order valence-corrected chi connectivity index (χ3v) is 6.52. The Balaban J connectivity index is 1.83. The molecule has 1 aliphatic carbocycles. The van der Waals surface area contributed by atoms with Crippen molar-refractivity contribution >= 4 is 5.97 Å². The maximum atomic E-state index is 12.7. The summed E-state index contributed by atoms with van der Waals surface area (Å²) in [5.41, 5.74) is 5.30. The van der Waals surface area contributed by atoms with Crippen LogP contribution in [0.4, 0.5) is 0 Å². The van der Waals surface area contributed by atoms with Crippen LogP contribution in [-0.4, -0.2) is 25.4 Å². The summed E-state index contributed by atoms with van der Waals surface area (Å²) < 4.78 is 4.05. The van der Waals surface area contributed by atoms with Crippen LogP contribution in [0, 0.1) is 12.3 Å². The van der Waals surface area contributed by atoms with Crippen LogP contribution in [0.25, 0.3) is 22.5 Å². The molecule has 1 N–H and O–H groups in total. The number of hydrogen-bond donors (Lipinski definition) is 1. The Morgan fingerprint density at radius 1 is 1.16 bits per heavy atom. The molecular weight excluding hydrogens is 390 g/mol. The summed E-state index contributed by atoms with van der Waals surface area (Å²) in [6.07, 6.45) is 3.79. The highest BCUT2D eigenvalue weighted by Gasteiger charge is 2.39. The normalized spacial score (nSPS) is 17.9. The van der Waals surface area contributed by atoms with Crippen LogP contribution >= 0.6 is 0 Å². The highest BCUT2D eigenvalue weighted by atomic mass is 16.4. The lowest BCUT2D eigenvalue weighted by Crippen LogP contribution is -2.35. The van der Waals surface area contributed by atoms with Gasteiger partial charge in [0.05, 0.1) is 29.7 Å². The van der Waals surface area contributed by atoms with Gasteiger partial charge in [-0.3, -0.25) is 9.48 Å². The number of benzene rings is 1. The zero-order chi connectivity index (χ0) is 22.1. The summed E-state index contributed by atoms with van der Waals surface area (Å²) in [5, 5.41) is 14.6. The van der Waals surface area contributed by atoms with Gasteiger partial charge in [-0.15, -0.1) is 0 Å². The fourth-order valence-electron chi connectivity index (χ4n) is 4.62. The number of nitrogens with zero attached hydrogens (tertiary/aromatic N) is 3. The van der Waals surface area contributed by atoms with Crippen molar-refractivity contribution in [1.29, 1.82) is 0 Å². The maximum Gasteiger partial charge on any atom is 0.341 e. The minimum Gasteiger partial charge on any atom is -0.477 e. The lowest BCUT2D eigenvalue weighted by Gasteiger charge is -2.38. The molecule has 0 saturated heterocycles. The van der Waals surface area contributed by atoms with E-state index in [2.05, 4.69) is 52.0 Å². The number of carboxylic acids is 1. The number of aryl methyl sites for hydroxylation is 1. The van der Waals surface area contributed by atoms with Gasteiger partial charge in [-0.25, -0.2) is 4.79 Å². The van der Waals surface area contributed by atoms with Crippen LogP contribution < -0.4 is 5.43 Å². The molecule has 3 aromatic rings. The van der Waals surface area contributed by atoms with E-state index in [1.54, 1.807) is 0 Å². The van der Waals surface area contributed by atoms with Gasteiger partial charge in [0.15, 0.2) is 5.43 Å². The van der Waals surface area contributed by atoms with E-state index < -0.39 is 11.4 Å². The Morgan fingerprint density at radius 3 is 2.42 bits per heavy atom. The van der Waals surface area contributed by atoms with Gasteiger partial charge in [0.2, 0.25) is 0 Å². The van der Waals surface area contributed by atoms with Crippen molar-refractivity contribution in [2.45, 2.75) is 59.0 Å². The van der Waals surface area contributed by atoms with Crippen LogP contribution in [0.15, 0.2) is 41.3 Å². The number of pyridine rings is 1. The second-order valence-electron chi connectivity index (χ2n) is 9.96. The summed E-state index contributed by atoms with van der Waals surface area (Å²) in [7, 11) is 0. The van der Waals surface area contributed by atoms with Crippen molar-refractivity contribution in [2.75, 3.05) is 0 Å². The molecule has 6 heteroatoms. The molecule has 2 aromatic heterocycles. The molecule has 0 radical (unpaired) electrons. The first kappa shape index (κ1) is 19.8. The van der Waals surface area contributed by atoms with E-state index in [0.29, 0.717) is 12.5 Å². The lowest BCUT2D eigenvalue weighted by molar-refractivity contribution is 0.0693. The van der Waals surface area contributed by atoms with Crippen LogP contribution in [0.2, 0.25) is 0 Å². The third kappa shape index (κ3) is 3.21. The quantitative estimate of drug-likeness (QED) is 0.660. The van der Waals surface area contributed by atoms with E-state index >= 15 is 0 Å². The third-order valence-electron chi connectivity index (χ3n) is 6.52. The molecule has 0 amide bonds. The second-order valence-corrected chi connectivity index (χ2v) is 9.96. The van der Waals surface area contributed by atoms with Crippen molar-refractivity contribution < 1.29 is 9.90 Å². The van der Waals surface area contributed by atoms with Crippen LogP contribution in [0.5, 0.6) is 0 Å². The van der Waals surface area contributed by atoms with Crippen LogP contribution in [0.3, 0.4) is 0 Å². The molecule has 1 fully saturated rings. The van der Waals surface area contributed by atoms with E-state index in [1.165, 1.54) is 17.8 Å². The van der Waals surface area contributed by atoms with Gasteiger partial charge in [-0.05, 0) is 30.7 Å². The van der Waals surface area contributed by atoms with Crippen molar-refractivity contribution in [3.05, 3.63) is 63.6 Å². The Kier molecular flexibility index (Phi) is 4.26. The molecule has 160 valence electrons. The molecule has 31 heavy (non-hydrogen) atoms. The van der Waals surface area contributed by atoms with E-state index in [1.807, 2.05) is 9.25 Å². The molecule has 5 rings (SSSR count). The Hall–Kier alpha value is -3.15. The fraction of sp³-hybridized carbons (Fsp3) is 0.400.